The molecular weight excluding hydrogens is 210 g/mol. The number of amides is 1. The Labute approximate surface area is 93.5 Å². The Kier molecular flexibility index (Phi) is 6.19. The molecule has 1 N–H and O–H groups in total. The molecule has 0 unspecified atom stereocenters. The van der Waals surface area contributed by atoms with Gasteiger partial charge >= 0.3 is 11.9 Å². The van der Waals surface area contributed by atoms with Crippen LogP contribution < -0.4 is 5.32 Å². The number of hydrogen-bond acceptors (Lipinski definition) is 4. The number of allylic oxidation sites excluding steroid dienone is 1. The van der Waals surface area contributed by atoms with Gasteiger partial charge in [0.05, 0.1) is 0 Å². The van der Waals surface area contributed by atoms with E-state index in [2.05, 4.69) is 16.6 Å². The molecule has 0 bridgehead atoms. The van der Waals surface area contributed by atoms with Crippen LogP contribution in [0.25, 0.3) is 0 Å². The molecular formula is C11H13NO4. The van der Waals surface area contributed by atoms with Crippen LogP contribution in [-0.2, 0) is 19.1 Å². The van der Waals surface area contributed by atoms with E-state index in [4.69, 9.17) is 0 Å². The van der Waals surface area contributed by atoms with E-state index in [1.54, 1.807) is 13.0 Å². The van der Waals surface area contributed by atoms with E-state index < -0.39 is 11.9 Å². The second-order valence-corrected chi connectivity index (χ2v) is 2.83. The summed E-state index contributed by atoms with van der Waals surface area (Å²) in [5.41, 5.74) is 0.125. The molecule has 0 heterocycles. The molecule has 5 nitrogen and oxygen atoms in total. The zero-order valence-corrected chi connectivity index (χ0v) is 9.15. The standard InChI is InChI=1S/C11H13NO4/c1-4-5-9(13)12-7-6-10(14)16-11(15)8(2)3/h4-7H,2H2,1,3H3,(H,12,13). The van der Waals surface area contributed by atoms with Crippen molar-refractivity contribution in [1.29, 1.82) is 0 Å². The first-order valence-corrected chi connectivity index (χ1v) is 4.48. The average Bonchev–Trinajstić information content (AvgIpc) is 2.17. The maximum atomic E-state index is 11.0. The smallest absolute Gasteiger partial charge is 0.340 e. The molecule has 0 rings (SSSR count). The van der Waals surface area contributed by atoms with Crippen molar-refractivity contribution in [1.82, 2.24) is 5.32 Å². The highest BCUT2D eigenvalue weighted by atomic mass is 16.6. The summed E-state index contributed by atoms with van der Waals surface area (Å²) in [5.74, 6) is -2.04. The fourth-order valence-electron chi connectivity index (χ4n) is 0.604. The van der Waals surface area contributed by atoms with Gasteiger partial charge in [-0.15, -0.1) is 0 Å². The van der Waals surface area contributed by atoms with Crippen LogP contribution in [0.15, 0.2) is 36.6 Å². The molecule has 0 aliphatic rings. The van der Waals surface area contributed by atoms with Gasteiger partial charge < -0.3 is 10.1 Å². The van der Waals surface area contributed by atoms with Gasteiger partial charge in [-0.1, -0.05) is 12.7 Å². The van der Waals surface area contributed by atoms with Gasteiger partial charge in [0.15, 0.2) is 0 Å². The third-order valence-electron chi connectivity index (χ3n) is 1.30. The van der Waals surface area contributed by atoms with Gasteiger partial charge in [-0.3, -0.25) is 4.79 Å². The number of rotatable bonds is 4. The summed E-state index contributed by atoms with van der Waals surface area (Å²) >= 11 is 0. The van der Waals surface area contributed by atoms with E-state index >= 15 is 0 Å². The van der Waals surface area contributed by atoms with Crippen LogP contribution in [-0.4, -0.2) is 17.8 Å². The lowest BCUT2D eigenvalue weighted by atomic mass is 10.4. The number of carbonyl (C=O) groups excluding carboxylic acids is 3. The van der Waals surface area contributed by atoms with Gasteiger partial charge in [0.25, 0.3) is 0 Å². The van der Waals surface area contributed by atoms with Crippen molar-refractivity contribution in [2.75, 3.05) is 0 Å². The predicted octanol–water partition coefficient (Wildman–Crippen LogP) is 0.838. The zero-order valence-electron chi connectivity index (χ0n) is 9.15. The molecule has 0 saturated heterocycles. The van der Waals surface area contributed by atoms with E-state index in [1.165, 1.54) is 13.0 Å². The number of nitrogens with one attached hydrogen (secondary N) is 1. The molecule has 0 aliphatic heterocycles. The summed E-state index contributed by atoms with van der Waals surface area (Å²) in [6.07, 6.45) is 4.86. The van der Waals surface area contributed by atoms with Crippen LogP contribution in [0.2, 0.25) is 0 Å². The molecule has 16 heavy (non-hydrogen) atoms. The van der Waals surface area contributed by atoms with E-state index in [9.17, 15) is 14.4 Å². The first-order chi connectivity index (χ1) is 7.47. The van der Waals surface area contributed by atoms with Crippen molar-refractivity contribution in [3.05, 3.63) is 36.6 Å². The Hall–Kier alpha value is -2.17. The van der Waals surface area contributed by atoms with Crippen molar-refractivity contribution in [2.24, 2.45) is 0 Å². The Balaban J connectivity index is 4.06. The SMILES string of the molecule is C=C(C)C(=O)OC(=O)C=CNC(=O)C=CC. The van der Waals surface area contributed by atoms with Gasteiger partial charge in [0.2, 0.25) is 5.91 Å². The second kappa shape index (κ2) is 7.17. The topological polar surface area (TPSA) is 72.5 Å². The maximum Gasteiger partial charge on any atom is 0.340 e. The van der Waals surface area contributed by atoms with Crippen LogP contribution in [0, 0.1) is 0 Å². The fraction of sp³-hybridized carbons (Fsp3) is 0.182. The minimum atomic E-state index is -0.867. The van der Waals surface area contributed by atoms with E-state index in [1.807, 2.05) is 0 Å². The quantitative estimate of drug-likeness (QED) is 0.435. The van der Waals surface area contributed by atoms with Crippen molar-refractivity contribution in [3.8, 4) is 0 Å². The number of esters is 2. The highest BCUT2D eigenvalue weighted by Gasteiger charge is 2.07. The van der Waals surface area contributed by atoms with Crippen LogP contribution in [0.4, 0.5) is 0 Å². The molecule has 0 radical (unpaired) electrons. The number of ether oxygens (including phenoxy) is 1. The fourth-order valence-corrected chi connectivity index (χ4v) is 0.604. The highest BCUT2D eigenvalue weighted by molar-refractivity contribution is 5.99. The summed E-state index contributed by atoms with van der Waals surface area (Å²) < 4.78 is 4.32. The van der Waals surface area contributed by atoms with Gasteiger partial charge in [0.1, 0.15) is 0 Å². The number of carbonyl (C=O) groups is 3. The average molecular weight is 223 g/mol. The van der Waals surface area contributed by atoms with Crippen LogP contribution in [0.1, 0.15) is 13.8 Å². The van der Waals surface area contributed by atoms with Gasteiger partial charge in [0, 0.05) is 17.8 Å². The molecule has 86 valence electrons. The van der Waals surface area contributed by atoms with Crippen molar-refractivity contribution in [2.45, 2.75) is 13.8 Å². The molecule has 5 heteroatoms. The van der Waals surface area contributed by atoms with Gasteiger partial charge in [-0.2, -0.15) is 0 Å². The molecule has 1 amide bonds. The summed E-state index contributed by atoms with van der Waals surface area (Å²) in [6, 6.07) is 0. The zero-order chi connectivity index (χ0) is 12.6. The first-order valence-electron chi connectivity index (χ1n) is 4.48. The van der Waals surface area contributed by atoms with Crippen LogP contribution >= 0.6 is 0 Å². The minimum Gasteiger partial charge on any atom is -0.386 e. The normalized spacial score (nSPS) is 10.4. The third kappa shape index (κ3) is 6.31. The lowest BCUT2D eigenvalue weighted by Crippen LogP contribution is -2.15. The monoisotopic (exact) mass is 223 g/mol. The van der Waals surface area contributed by atoms with Crippen molar-refractivity contribution in [3.63, 3.8) is 0 Å². The molecule has 0 aliphatic carbocycles. The maximum absolute atomic E-state index is 11.0. The van der Waals surface area contributed by atoms with Gasteiger partial charge in [-0.05, 0) is 19.9 Å². The summed E-state index contributed by atoms with van der Waals surface area (Å²) in [5, 5.41) is 2.28. The Bertz CT molecular complexity index is 366. The molecule has 0 saturated carbocycles. The largest absolute Gasteiger partial charge is 0.386 e. The molecule has 0 aromatic carbocycles. The summed E-state index contributed by atoms with van der Waals surface area (Å²) in [6.45, 7) is 6.42. The lowest BCUT2D eigenvalue weighted by molar-refractivity contribution is -0.153. The molecule has 0 atom stereocenters. The van der Waals surface area contributed by atoms with E-state index in [-0.39, 0.29) is 11.5 Å². The molecule has 0 fully saturated rings. The van der Waals surface area contributed by atoms with Crippen LogP contribution in [0.5, 0.6) is 0 Å². The Morgan fingerprint density at radius 3 is 2.38 bits per heavy atom. The molecule has 0 aromatic heterocycles. The van der Waals surface area contributed by atoms with Crippen molar-refractivity contribution >= 4 is 17.8 Å². The summed E-state index contributed by atoms with van der Waals surface area (Å²) in [4.78, 5) is 32.7. The Morgan fingerprint density at radius 1 is 1.25 bits per heavy atom. The van der Waals surface area contributed by atoms with Gasteiger partial charge in [-0.25, -0.2) is 9.59 Å². The Morgan fingerprint density at radius 2 is 1.88 bits per heavy atom. The summed E-state index contributed by atoms with van der Waals surface area (Å²) in [7, 11) is 0. The molecule has 0 spiro atoms. The van der Waals surface area contributed by atoms with E-state index in [0.29, 0.717) is 0 Å². The minimum absolute atomic E-state index is 0.125. The molecule has 0 aromatic rings. The second-order valence-electron chi connectivity index (χ2n) is 2.83. The van der Waals surface area contributed by atoms with Crippen molar-refractivity contribution < 1.29 is 19.1 Å². The first kappa shape index (κ1) is 13.8. The van der Waals surface area contributed by atoms with Crippen LogP contribution in [0.3, 0.4) is 0 Å². The predicted molar refractivity (Wildman–Crippen MR) is 58.0 cm³/mol. The highest BCUT2D eigenvalue weighted by Crippen LogP contribution is 1.92. The lowest BCUT2D eigenvalue weighted by Gasteiger charge is -1.97. The van der Waals surface area contributed by atoms with E-state index in [0.717, 1.165) is 12.3 Å². The third-order valence-corrected chi connectivity index (χ3v) is 1.30. The number of hydrogen-bond donors (Lipinski definition) is 1.